The van der Waals surface area contributed by atoms with E-state index in [9.17, 15) is 9.90 Å². The number of pyridine rings is 1. The summed E-state index contributed by atoms with van der Waals surface area (Å²) in [6, 6.07) is 11.8. The van der Waals surface area contributed by atoms with Crippen LogP contribution in [0.15, 0.2) is 47.4 Å². The molecule has 0 radical (unpaired) electrons. The predicted molar refractivity (Wildman–Crippen MR) is 123 cm³/mol. The molecular weight excluding hydrogens is 412 g/mol. The first-order valence-corrected chi connectivity index (χ1v) is 11.6. The molecule has 1 atom stereocenters. The number of benzene rings is 1. The minimum Gasteiger partial charge on any atom is -0.494 e. The average molecular weight is 443 g/mol. The molecule has 1 aromatic carbocycles. The third-order valence-electron chi connectivity index (χ3n) is 5.04. The van der Waals surface area contributed by atoms with Crippen molar-refractivity contribution in [2.45, 2.75) is 52.1 Å². The molecule has 0 bridgehead atoms. The van der Waals surface area contributed by atoms with Gasteiger partial charge in [-0.1, -0.05) is 56.2 Å². The van der Waals surface area contributed by atoms with E-state index in [1.54, 1.807) is 0 Å². The summed E-state index contributed by atoms with van der Waals surface area (Å²) < 4.78 is 12.1. The van der Waals surface area contributed by atoms with Crippen LogP contribution in [-0.2, 0) is 17.6 Å². The minimum atomic E-state index is -0.252. The van der Waals surface area contributed by atoms with E-state index in [1.807, 2.05) is 36.5 Å². The molecule has 7 heteroatoms. The zero-order valence-electron chi connectivity index (χ0n) is 18.1. The van der Waals surface area contributed by atoms with Crippen LogP contribution in [0.4, 0.5) is 0 Å². The molecule has 0 saturated carbocycles. The molecule has 0 spiro atoms. The van der Waals surface area contributed by atoms with Crippen LogP contribution in [0.25, 0.3) is 0 Å². The quantitative estimate of drug-likeness (QED) is 0.385. The molecule has 3 aromatic rings. The molecule has 6 nitrogen and oxygen atoms in total. The lowest BCUT2D eigenvalue weighted by atomic mass is 10.1. The summed E-state index contributed by atoms with van der Waals surface area (Å²) in [4.78, 5) is 18.7. The highest BCUT2D eigenvalue weighted by Crippen LogP contribution is 2.23. The van der Waals surface area contributed by atoms with Gasteiger partial charge in [-0.05, 0) is 42.2 Å². The van der Waals surface area contributed by atoms with Crippen molar-refractivity contribution in [3.63, 3.8) is 0 Å². The maximum atomic E-state index is 11.3. The summed E-state index contributed by atoms with van der Waals surface area (Å²) in [5, 5.41) is 9.75. The maximum Gasteiger partial charge on any atom is 0.307 e. The molecule has 31 heavy (non-hydrogen) atoms. The Morgan fingerprint density at radius 2 is 1.87 bits per heavy atom. The number of hydrogen-bond donors (Lipinski definition) is 2. The molecule has 2 heterocycles. The Morgan fingerprint density at radius 1 is 1.10 bits per heavy atom. The Labute approximate surface area is 186 Å². The normalized spacial score (nSPS) is 12.1. The maximum absolute atomic E-state index is 11.3. The van der Waals surface area contributed by atoms with Gasteiger partial charge >= 0.3 is 4.87 Å². The molecular formula is C24H30N2O4S. The lowest BCUT2D eigenvalue weighted by Crippen LogP contribution is -2.16. The second-order valence-corrected chi connectivity index (χ2v) is 8.50. The Bertz CT molecular complexity index is 980. The van der Waals surface area contributed by atoms with Gasteiger partial charge in [-0.15, -0.1) is 0 Å². The van der Waals surface area contributed by atoms with Crippen molar-refractivity contribution in [3.8, 4) is 11.6 Å². The number of ether oxygens (including phenoxy) is 2. The van der Waals surface area contributed by atoms with Crippen molar-refractivity contribution in [2.75, 3.05) is 13.2 Å². The molecule has 2 N–H and O–H groups in total. The average Bonchev–Trinajstić information content (AvgIpc) is 3.11. The number of nitrogens with zero attached hydrogens (tertiary/aromatic N) is 1. The van der Waals surface area contributed by atoms with E-state index < -0.39 is 0 Å². The van der Waals surface area contributed by atoms with Gasteiger partial charge in [-0.25, -0.2) is 0 Å². The van der Waals surface area contributed by atoms with E-state index in [4.69, 9.17) is 9.47 Å². The summed E-state index contributed by atoms with van der Waals surface area (Å²) in [6.07, 6.45) is 6.43. The largest absolute Gasteiger partial charge is 0.494 e. The second kappa shape index (κ2) is 11.7. The third kappa shape index (κ3) is 6.94. The molecule has 2 aromatic heterocycles. The van der Waals surface area contributed by atoms with Gasteiger partial charge in [0, 0.05) is 19.2 Å². The van der Waals surface area contributed by atoms with Crippen LogP contribution < -0.4 is 9.61 Å². The van der Waals surface area contributed by atoms with E-state index in [0.717, 1.165) is 54.0 Å². The topological polar surface area (TPSA) is 84.4 Å². The first-order chi connectivity index (χ1) is 15.1. The van der Waals surface area contributed by atoms with Crippen LogP contribution in [0.1, 0.15) is 60.9 Å². The zero-order chi connectivity index (χ0) is 22.1. The van der Waals surface area contributed by atoms with Crippen LogP contribution in [0.5, 0.6) is 11.6 Å². The van der Waals surface area contributed by atoms with Crippen molar-refractivity contribution in [3.05, 3.63) is 74.0 Å². The van der Waals surface area contributed by atoms with E-state index in [-0.39, 0.29) is 16.9 Å². The van der Waals surface area contributed by atoms with Crippen LogP contribution in [0.2, 0.25) is 0 Å². The first kappa shape index (κ1) is 23.0. The molecule has 166 valence electrons. The third-order valence-corrected chi connectivity index (χ3v) is 5.91. The Balaban J connectivity index is 1.61. The fourth-order valence-electron chi connectivity index (χ4n) is 3.16. The number of aromatic amines is 1. The van der Waals surface area contributed by atoms with E-state index in [1.165, 1.54) is 5.56 Å². The monoisotopic (exact) mass is 442 g/mol. The molecule has 0 aliphatic rings. The lowest BCUT2D eigenvalue weighted by Gasteiger charge is -2.19. The number of unbranched alkanes of at least 4 members (excludes halogenated alkanes) is 2. The molecule has 0 fully saturated rings. The number of aryl methyl sites for hydroxylation is 1. The summed E-state index contributed by atoms with van der Waals surface area (Å²) in [6.45, 7) is 5.35. The van der Waals surface area contributed by atoms with Gasteiger partial charge in [0.05, 0.1) is 10.6 Å². The van der Waals surface area contributed by atoms with Crippen molar-refractivity contribution in [2.24, 2.45) is 0 Å². The van der Waals surface area contributed by atoms with Crippen LogP contribution in [0.3, 0.4) is 0 Å². The smallest absolute Gasteiger partial charge is 0.307 e. The highest BCUT2D eigenvalue weighted by Gasteiger charge is 2.15. The van der Waals surface area contributed by atoms with Gasteiger partial charge in [0.15, 0.2) is 0 Å². The van der Waals surface area contributed by atoms with Gasteiger partial charge in [0.1, 0.15) is 18.5 Å². The summed E-state index contributed by atoms with van der Waals surface area (Å²) in [5.41, 5.74) is 3.06. The Morgan fingerprint density at radius 3 is 2.48 bits per heavy atom. The minimum absolute atomic E-state index is 0.0556. The number of H-pyrrole nitrogens is 1. The van der Waals surface area contributed by atoms with Gasteiger partial charge in [0.25, 0.3) is 0 Å². The number of rotatable bonds is 12. The summed E-state index contributed by atoms with van der Waals surface area (Å²) in [7, 11) is 0. The molecule has 0 aliphatic carbocycles. The van der Waals surface area contributed by atoms with Crippen molar-refractivity contribution in [1.29, 1.82) is 0 Å². The molecule has 1 unspecified atom stereocenters. The number of hydrogen-bond acceptors (Lipinski definition) is 6. The Hall–Kier alpha value is -2.64. The molecule has 3 rings (SSSR count). The first-order valence-electron chi connectivity index (χ1n) is 10.8. The number of aromatic hydroxyl groups is 1. The fourth-order valence-corrected chi connectivity index (χ4v) is 3.92. The van der Waals surface area contributed by atoms with Crippen molar-refractivity contribution >= 4 is 11.3 Å². The second-order valence-electron chi connectivity index (χ2n) is 7.43. The van der Waals surface area contributed by atoms with Gasteiger partial charge in [-0.2, -0.15) is 0 Å². The molecule has 0 aliphatic heterocycles. The molecule has 0 amide bonds. The van der Waals surface area contributed by atoms with E-state index in [2.05, 4.69) is 29.9 Å². The zero-order valence-corrected chi connectivity index (χ0v) is 18.9. The van der Waals surface area contributed by atoms with E-state index in [0.29, 0.717) is 24.5 Å². The number of nitrogens with one attached hydrogen (secondary N) is 1. The Kier molecular flexibility index (Phi) is 8.67. The number of thiazole rings is 1. The van der Waals surface area contributed by atoms with Gasteiger partial charge < -0.3 is 14.6 Å². The van der Waals surface area contributed by atoms with Gasteiger partial charge in [-0.3, -0.25) is 14.8 Å². The van der Waals surface area contributed by atoms with Crippen LogP contribution in [-0.4, -0.2) is 28.3 Å². The highest BCUT2D eigenvalue weighted by molar-refractivity contribution is 7.09. The van der Waals surface area contributed by atoms with Gasteiger partial charge in [0.2, 0.25) is 5.88 Å². The molecule has 0 saturated heterocycles. The van der Waals surface area contributed by atoms with Crippen LogP contribution >= 0.6 is 11.3 Å². The van der Waals surface area contributed by atoms with Crippen LogP contribution in [0, 0.1) is 0 Å². The number of aromatic nitrogens is 2. The fraction of sp³-hybridized carbons (Fsp3) is 0.417. The summed E-state index contributed by atoms with van der Waals surface area (Å²) >= 11 is 1.02. The highest BCUT2D eigenvalue weighted by atomic mass is 32.1. The lowest BCUT2D eigenvalue weighted by molar-refractivity contribution is 0.0145. The standard InChI is InChI=1S/C24H30N2O4S/c1-3-5-6-13-29-21(20-12-9-17(4-2)15-25-20)16-30-19-10-7-18(8-11-19)14-22-23(27)26-24(28)31-22/h7-12,15,21,27H,3-6,13-14,16H2,1-2H3,(H,26,28). The summed E-state index contributed by atoms with van der Waals surface area (Å²) in [5.74, 6) is 0.683. The predicted octanol–water partition coefficient (Wildman–Crippen LogP) is 5.02. The van der Waals surface area contributed by atoms with Crippen molar-refractivity contribution < 1.29 is 14.6 Å². The SMILES string of the molecule is CCCCCOC(COc1ccc(Cc2sc(=O)[nH]c2O)cc1)c1ccc(CC)cn1. The van der Waals surface area contributed by atoms with E-state index >= 15 is 0 Å². The van der Waals surface area contributed by atoms with Crippen molar-refractivity contribution in [1.82, 2.24) is 9.97 Å².